The number of rotatable bonds is 15. The largest absolute Gasteiger partial charge is 0.320 e. The van der Waals surface area contributed by atoms with Gasteiger partial charge in [0.1, 0.15) is 0 Å². The Labute approximate surface area is 252 Å². The van der Waals surface area contributed by atoms with Crippen LogP contribution in [-0.2, 0) is 9.59 Å². The fourth-order valence-corrected chi connectivity index (χ4v) is 8.60. The molecule has 0 fully saturated rings. The molecule has 8 heteroatoms. The summed E-state index contributed by atoms with van der Waals surface area (Å²) in [7, 11) is 0. The number of carbonyl (C=O) groups excluding carboxylic acids is 2. The molecule has 0 bridgehead atoms. The molecule has 4 rings (SSSR count). The van der Waals surface area contributed by atoms with Gasteiger partial charge in [-0.15, -0.1) is 22.7 Å². The van der Waals surface area contributed by atoms with Gasteiger partial charge in [-0.2, -0.15) is 0 Å². The van der Waals surface area contributed by atoms with Crippen LogP contribution in [0.1, 0.15) is 108 Å². The molecule has 0 radical (unpaired) electrons. The number of thiophene rings is 2. The maximum Gasteiger partial charge on any atom is 0.261 e. The first kappa shape index (κ1) is 29.8. The molecule has 206 valence electrons. The van der Waals surface area contributed by atoms with Crippen molar-refractivity contribution in [1.82, 2.24) is 10.2 Å². The lowest BCUT2D eigenvalue weighted by Crippen LogP contribution is -2.49. The van der Waals surface area contributed by atoms with E-state index in [-0.39, 0.29) is 17.4 Å². The van der Waals surface area contributed by atoms with Crippen LogP contribution in [-0.4, -0.2) is 22.3 Å². The van der Waals surface area contributed by atoms with E-state index in [1.807, 2.05) is 18.2 Å². The molecule has 1 N–H and O–H groups in total. The summed E-state index contributed by atoms with van der Waals surface area (Å²) < 4.78 is 1.97. The average molecular weight is 683 g/mol. The highest BCUT2D eigenvalue weighted by Gasteiger charge is 2.52. The summed E-state index contributed by atoms with van der Waals surface area (Å²) in [5.41, 5.74) is 2.26. The lowest BCUT2D eigenvalue weighted by molar-refractivity contribution is -0.128. The number of carbonyl (C=O) groups is 2. The SMILES string of the molecule is CCCCCCCC(CCCC)(CCCC)N1C(=O)C2=C(c3ccc(Br)s3)NC(=O)C2=C1c1ccc(Br)s1. The van der Waals surface area contributed by atoms with Crippen molar-refractivity contribution < 1.29 is 9.59 Å². The van der Waals surface area contributed by atoms with Gasteiger partial charge in [0.05, 0.1) is 39.9 Å². The molecule has 2 aliphatic rings. The van der Waals surface area contributed by atoms with E-state index >= 15 is 0 Å². The molecule has 0 aliphatic carbocycles. The first-order chi connectivity index (χ1) is 18.4. The molecule has 0 aromatic carbocycles. The molecule has 38 heavy (non-hydrogen) atoms. The van der Waals surface area contributed by atoms with E-state index in [1.165, 1.54) is 25.7 Å². The molecule has 2 aromatic heterocycles. The van der Waals surface area contributed by atoms with Gasteiger partial charge in [0.25, 0.3) is 11.8 Å². The summed E-state index contributed by atoms with van der Waals surface area (Å²) >= 11 is 10.3. The third-order valence-corrected chi connectivity index (χ3v) is 11.0. The molecular weight excluding hydrogens is 644 g/mol. The number of hydrogen-bond donors (Lipinski definition) is 1. The fourth-order valence-electron chi connectivity index (χ4n) is 5.78. The van der Waals surface area contributed by atoms with Crippen LogP contribution in [0, 0.1) is 0 Å². The van der Waals surface area contributed by atoms with Crippen molar-refractivity contribution in [2.75, 3.05) is 0 Å². The van der Waals surface area contributed by atoms with Crippen LogP contribution in [0.5, 0.6) is 0 Å². The maximum absolute atomic E-state index is 14.6. The quantitative estimate of drug-likeness (QED) is 0.190. The Hall–Kier alpha value is -1.22. The average Bonchev–Trinajstić information content (AvgIpc) is 3.66. The Kier molecular flexibility index (Phi) is 10.5. The van der Waals surface area contributed by atoms with E-state index in [4.69, 9.17) is 0 Å². The van der Waals surface area contributed by atoms with E-state index in [2.05, 4.69) is 68.9 Å². The summed E-state index contributed by atoms with van der Waals surface area (Å²) in [5, 5.41) is 3.06. The number of amides is 2. The minimum absolute atomic E-state index is 0.0156. The van der Waals surface area contributed by atoms with Crippen LogP contribution in [0.15, 0.2) is 43.0 Å². The van der Waals surface area contributed by atoms with Crippen LogP contribution in [0.2, 0.25) is 0 Å². The Morgan fingerprint density at radius 2 is 1.29 bits per heavy atom. The van der Waals surface area contributed by atoms with Crippen molar-refractivity contribution in [3.8, 4) is 0 Å². The molecule has 0 unspecified atom stereocenters. The molecule has 4 heterocycles. The van der Waals surface area contributed by atoms with Gasteiger partial charge in [-0.05, 0) is 75.4 Å². The van der Waals surface area contributed by atoms with Gasteiger partial charge in [0, 0.05) is 5.54 Å². The fraction of sp³-hybridized carbons (Fsp3) is 0.533. The number of fused-ring (bicyclic) bond motifs is 1. The number of nitrogens with zero attached hydrogens (tertiary/aromatic N) is 1. The second kappa shape index (κ2) is 13.4. The van der Waals surface area contributed by atoms with Crippen molar-refractivity contribution in [2.24, 2.45) is 0 Å². The number of halogens is 2. The zero-order chi connectivity index (χ0) is 27.3. The molecular formula is C30H38Br2N2O2S2. The molecule has 2 amide bonds. The maximum atomic E-state index is 14.6. The van der Waals surface area contributed by atoms with Gasteiger partial charge < -0.3 is 5.32 Å². The summed E-state index contributed by atoms with van der Waals surface area (Å²) in [5.74, 6) is -0.184. The second-order valence-electron chi connectivity index (χ2n) is 10.4. The highest BCUT2D eigenvalue weighted by Crippen LogP contribution is 2.51. The van der Waals surface area contributed by atoms with Crippen LogP contribution >= 0.6 is 54.5 Å². The van der Waals surface area contributed by atoms with Gasteiger partial charge in [0.2, 0.25) is 0 Å². The molecule has 0 spiro atoms. The van der Waals surface area contributed by atoms with Gasteiger partial charge in [-0.1, -0.05) is 78.6 Å². The summed E-state index contributed by atoms with van der Waals surface area (Å²) in [6.07, 6.45) is 13.2. The molecule has 2 aliphatic heterocycles. The molecule has 4 nitrogen and oxygen atoms in total. The Balaban J connectivity index is 1.88. The number of unbranched alkanes of at least 4 members (excludes halogenated alkanes) is 6. The molecule has 0 atom stereocenters. The highest BCUT2D eigenvalue weighted by molar-refractivity contribution is 9.11. The van der Waals surface area contributed by atoms with Gasteiger partial charge >= 0.3 is 0 Å². The Morgan fingerprint density at radius 3 is 1.84 bits per heavy atom. The topological polar surface area (TPSA) is 49.4 Å². The summed E-state index contributed by atoms with van der Waals surface area (Å²) in [6, 6.07) is 8.03. The lowest BCUT2D eigenvalue weighted by atomic mass is 9.80. The third-order valence-electron chi connectivity index (χ3n) is 7.68. The smallest absolute Gasteiger partial charge is 0.261 e. The van der Waals surface area contributed by atoms with Crippen molar-refractivity contribution in [3.63, 3.8) is 0 Å². The minimum Gasteiger partial charge on any atom is -0.320 e. The van der Waals surface area contributed by atoms with E-state index in [1.54, 1.807) is 22.7 Å². The summed E-state index contributed by atoms with van der Waals surface area (Å²) in [4.78, 5) is 32.2. The Bertz CT molecular complexity index is 1220. The molecule has 0 saturated heterocycles. The monoisotopic (exact) mass is 680 g/mol. The van der Waals surface area contributed by atoms with Crippen molar-refractivity contribution in [1.29, 1.82) is 0 Å². The standard InChI is InChI=1S/C30H38Br2N2O2S2/c1-4-7-10-11-12-19-30(17-8-5-2,18-9-6-3)34-27(21-14-16-23(32)38-21)25-24(29(34)36)26(33-28(25)35)20-13-15-22(31)37-20/h13-16H,4-12,17-19H2,1-3H3,(H,33,35). The normalized spacial score (nSPS) is 15.8. The van der Waals surface area contributed by atoms with E-state index < -0.39 is 0 Å². The van der Waals surface area contributed by atoms with Crippen molar-refractivity contribution in [2.45, 2.75) is 103 Å². The zero-order valence-corrected chi connectivity index (χ0v) is 27.4. The predicted octanol–water partition coefficient (Wildman–Crippen LogP) is 9.91. The van der Waals surface area contributed by atoms with Gasteiger partial charge in [-0.25, -0.2) is 0 Å². The van der Waals surface area contributed by atoms with Crippen LogP contribution in [0.4, 0.5) is 0 Å². The minimum atomic E-state index is -0.299. The summed E-state index contributed by atoms with van der Waals surface area (Å²) in [6.45, 7) is 6.70. The number of hydrogen-bond acceptors (Lipinski definition) is 4. The lowest BCUT2D eigenvalue weighted by Gasteiger charge is -2.44. The van der Waals surface area contributed by atoms with E-state index in [9.17, 15) is 9.59 Å². The Morgan fingerprint density at radius 1 is 0.737 bits per heavy atom. The third kappa shape index (κ3) is 6.08. The highest BCUT2D eigenvalue weighted by atomic mass is 79.9. The molecule has 2 aromatic rings. The van der Waals surface area contributed by atoms with Crippen LogP contribution in [0.3, 0.4) is 0 Å². The van der Waals surface area contributed by atoms with E-state index in [0.29, 0.717) is 16.8 Å². The van der Waals surface area contributed by atoms with Crippen molar-refractivity contribution >= 4 is 77.7 Å². The van der Waals surface area contributed by atoms with Gasteiger partial charge in [-0.3, -0.25) is 14.5 Å². The number of nitrogens with one attached hydrogen (secondary N) is 1. The molecule has 0 saturated carbocycles. The predicted molar refractivity (Wildman–Crippen MR) is 168 cm³/mol. The van der Waals surface area contributed by atoms with Crippen LogP contribution < -0.4 is 5.32 Å². The van der Waals surface area contributed by atoms with Crippen LogP contribution in [0.25, 0.3) is 11.4 Å². The second-order valence-corrected chi connectivity index (χ2v) is 15.3. The first-order valence-electron chi connectivity index (χ1n) is 14.0. The zero-order valence-electron chi connectivity index (χ0n) is 22.6. The van der Waals surface area contributed by atoms with E-state index in [0.717, 1.165) is 74.4 Å². The van der Waals surface area contributed by atoms with Gasteiger partial charge in [0.15, 0.2) is 0 Å². The first-order valence-corrected chi connectivity index (χ1v) is 17.2. The van der Waals surface area contributed by atoms with Crippen molar-refractivity contribution in [3.05, 3.63) is 52.7 Å².